The molecule has 0 bridgehead atoms. The number of piperidine rings is 1. The van der Waals surface area contributed by atoms with Gasteiger partial charge >= 0.3 is 0 Å². The van der Waals surface area contributed by atoms with Crippen molar-refractivity contribution in [2.75, 3.05) is 33.4 Å². The van der Waals surface area contributed by atoms with Crippen molar-refractivity contribution < 1.29 is 19.1 Å². The molecular weight excluding hydrogens is 464 g/mol. The third kappa shape index (κ3) is 6.29. The van der Waals surface area contributed by atoms with Gasteiger partial charge in [-0.25, -0.2) is 0 Å². The fraction of sp³-hybridized carbons (Fsp3) is 0.500. The van der Waals surface area contributed by atoms with Crippen LogP contribution in [0.4, 0.5) is 0 Å². The molecular formula is C28H35ClN2O4. The van der Waals surface area contributed by atoms with Gasteiger partial charge in [-0.2, -0.15) is 0 Å². The highest BCUT2D eigenvalue weighted by Gasteiger charge is 2.37. The van der Waals surface area contributed by atoms with Gasteiger partial charge in [-0.3, -0.25) is 9.59 Å². The van der Waals surface area contributed by atoms with Crippen LogP contribution in [-0.4, -0.2) is 50.1 Å². The van der Waals surface area contributed by atoms with E-state index in [0.717, 1.165) is 61.9 Å². The third-order valence-electron chi connectivity index (χ3n) is 7.21. The number of nitrogens with zero attached hydrogens (tertiary/aromatic N) is 1. The highest BCUT2D eigenvalue weighted by molar-refractivity contribution is 6.31. The van der Waals surface area contributed by atoms with Gasteiger partial charge in [0.1, 0.15) is 11.5 Å². The van der Waals surface area contributed by atoms with Gasteiger partial charge < -0.3 is 19.7 Å². The highest BCUT2D eigenvalue weighted by atomic mass is 35.5. The molecule has 0 saturated carbocycles. The molecule has 1 saturated heterocycles. The summed E-state index contributed by atoms with van der Waals surface area (Å²) < 4.78 is 11.4. The van der Waals surface area contributed by atoms with Crippen LogP contribution in [0.3, 0.4) is 0 Å². The molecule has 4 rings (SSSR count). The number of rotatable bonds is 3. The van der Waals surface area contributed by atoms with Crippen LogP contribution in [0.5, 0.6) is 11.5 Å². The van der Waals surface area contributed by atoms with Gasteiger partial charge in [0.15, 0.2) is 0 Å². The second kappa shape index (κ2) is 11.3. The normalized spacial score (nSPS) is 21.2. The van der Waals surface area contributed by atoms with Crippen molar-refractivity contribution in [3.63, 3.8) is 0 Å². The molecule has 2 aliphatic rings. The minimum atomic E-state index is -0.185. The van der Waals surface area contributed by atoms with Crippen LogP contribution in [0.15, 0.2) is 36.4 Å². The summed E-state index contributed by atoms with van der Waals surface area (Å²) in [7, 11) is 1.64. The Balaban J connectivity index is 1.50. The van der Waals surface area contributed by atoms with Crippen molar-refractivity contribution in [2.45, 2.75) is 51.9 Å². The molecule has 1 fully saturated rings. The predicted octanol–water partition coefficient (Wildman–Crippen LogP) is 5.19. The first-order chi connectivity index (χ1) is 16.9. The Morgan fingerprint density at radius 2 is 1.97 bits per heavy atom. The lowest BCUT2D eigenvalue weighted by Crippen LogP contribution is -2.51. The number of halogens is 1. The van der Waals surface area contributed by atoms with E-state index in [-0.39, 0.29) is 17.2 Å². The van der Waals surface area contributed by atoms with Gasteiger partial charge in [-0.1, -0.05) is 42.1 Å². The zero-order chi connectivity index (χ0) is 24.8. The van der Waals surface area contributed by atoms with Crippen LogP contribution in [0.1, 0.15) is 60.0 Å². The second-order valence-corrected chi connectivity index (χ2v) is 10.3. The lowest BCUT2D eigenvalue weighted by Gasteiger charge is -2.43. The SMILES string of the molecule is COc1ccc(C)cc1CC(=O)N1CCCC2(CCCCCOc3ccc(Cl)cc3C(=O)NC2)C1. The maximum Gasteiger partial charge on any atom is 0.255 e. The van der Waals surface area contributed by atoms with E-state index in [1.54, 1.807) is 25.3 Å². The first-order valence-corrected chi connectivity index (χ1v) is 12.9. The molecule has 2 amide bonds. The van der Waals surface area contributed by atoms with Crippen LogP contribution in [0.2, 0.25) is 5.02 Å². The first kappa shape index (κ1) is 25.4. The van der Waals surface area contributed by atoms with Crippen molar-refractivity contribution in [3.8, 4) is 11.5 Å². The summed E-state index contributed by atoms with van der Waals surface area (Å²) in [5.74, 6) is 1.23. The largest absolute Gasteiger partial charge is 0.496 e. The lowest BCUT2D eigenvalue weighted by molar-refractivity contribution is -0.134. The highest BCUT2D eigenvalue weighted by Crippen LogP contribution is 2.36. The van der Waals surface area contributed by atoms with Crippen LogP contribution in [0.25, 0.3) is 0 Å². The quantitative estimate of drug-likeness (QED) is 0.632. The van der Waals surface area contributed by atoms with Crippen molar-refractivity contribution in [2.24, 2.45) is 5.41 Å². The summed E-state index contributed by atoms with van der Waals surface area (Å²) in [6.07, 6.45) is 6.22. The molecule has 1 unspecified atom stereocenters. The Hall–Kier alpha value is -2.73. The maximum absolute atomic E-state index is 13.4. The number of hydrogen-bond acceptors (Lipinski definition) is 4. The van der Waals surface area contributed by atoms with Crippen molar-refractivity contribution in [1.82, 2.24) is 10.2 Å². The van der Waals surface area contributed by atoms with E-state index in [1.807, 2.05) is 30.0 Å². The molecule has 2 heterocycles. The van der Waals surface area contributed by atoms with Crippen molar-refractivity contribution in [3.05, 3.63) is 58.1 Å². The minimum absolute atomic E-state index is 0.107. The van der Waals surface area contributed by atoms with Crippen LogP contribution in [0, 0.1) is 12.3 Å². The summed E-state index contributed by atoms with van der Waals surface area (Å²) in [4.78, 5) is 28.5. The number of nitrogens with one attached hydrogen (secondary N) is 1. The number of benzene rings is 2. The van der Waals surface area contributed by atoms with Gasteiger partial charge in [0.2, 0.25) is 5.91 Å². The number of hydrogen-bond donors (Lipinski definition) is 1. The van der Waals surface area contributed by atoms with Crippen LogP contribution >= 0.6 is 11.6 Å². The number of ether oxygens (including phenoxy) is 2. The Morgan fingerprint density at radius 3 is 2.80 bits per heavy atom. The Bertz CT molecular complexity index is 1070. The van der Waals surface area contributed by atoms with E-state index in [2.05, 4.69) is 5.32 Å². The van der Waals surface area contributed by atoms with E-state index >= 15 is 0 Å². The maximum atomic E-state index is 13.4. The lowest BCUT2D eigenvalue weighted by atomic mass is 9.75. The number of methoxy groups -OCH3 is 1. The average molecular weight is 499 g/mol. The molecule has 188 valence electrons. The molecule has 2 aliphatic heterocycles. The molecule has 0 radical (unpaired) electrons. The standard InChI is InChI=1S/C28H35ClN2O4/c1-20-7-9-24(34-2)21(15-20)16-26(32)31-13-6-12-28(19-31)11-4-3-5-14-35-25-10-8-22(29)17-23(25)27(33)30-18-28/h7-10,15,17H,3-6,11-14,16,18-19H2,1-2H3,(H,30,33). The summed E-state index contributed by atoms with van der Waals surface area (Å²) in [6.45, 7) is 4.51. The van der Waals surface area contributed by atoms with E-state index in [9.17, 15) is 9.59 Å². The topological polar surface area (TPSA) is 67.9 Å². The summed E-state index contributed by atoms with van der Waals surface area (Å²) >= 11 is 6.17. The van der Waals surface area contributed by atoms with E-state index in [4.69, 9.17) is 21.1 Å². The molecule has 35 heavy (non-hydrogen) atoms. The molecule has 6 nitrogen and oxygen atoms in total. The van der Waals surface area contributed by atoms with Gasteiger partial charge in [-0.05, 0) is 56.9 Å². The van der Waals surface area contributed by atoms with Gasteiger partial charge in [0.25, 0.3) is 5.91 Å². The van der Waals surface area contributed by atoms with Gasteiger partial charge in [0.05, 0.1) is 25.7 Å². The zero-order valence-electron chi connectivity index (χ0n) is 20.7. The van der Waals surface area contributed by atoms with Gasteiger partial charge in [0, 0.05) is 35.6 Å². The molecule has 1 N–H and O–H groups in total. The Morgan fingerprint density at radius 1 is 1.14 bits per heavy atom. The molecule has 1 atom stereocenters. The number of likely N-dealkylation sites (tertiary alicyclic amines) is 1. The molecule has 2 aromatic rings. The van der Waals surface area contributed by atoms with Crippen LogP contribution < -0.4 is 14.8 Å². The number of carbonyl (C=O) groups excluding carboxylic acids is 2. The third-order valence-corrected chi connectivity index (χ3v) is 7.45. The number of aryl methyl sites for hydroxylation is 1. The zero-order valence-corrected chi connectivity index (χ0v) is 21.5. The van der Waals surface area contributed by atoms with Crippen molar-refractivity contribution >= 4 is 23.4 Å². The molecule has 1 spiro atoms. The molecule has 0 aliphatic carbocycles. The van der Waals surface area contributed by atoms with Gasteiger partial charge in [-0.15, -0.1) is 0 Å². The summed E-state index contributed by atoms with van der Waals surface area (Å²) in [6, 6.07) is 11.1. The number of fused-ring (bicyclic) bond motifs is 1. The smallest absolute Gasteiger partial charge is 0.255 e. The molecule has 0 aromatic heterocycles. The molecule has 7 heteroatoms. The fourth-order valence-corrected chi connectivity index (χ4v) is 5.48. The Kier molecular flexibility index (Phi) is 8.22. The number of amides is 2. The van der Waals surface area contributed by atoms with Crippen LogP contribution in [-0.2, 0) is 11.2 Å². The number of carbonyl (C=O) groups is 2. The average Bonchev–Trinajstić information content (AvgIpc) is 2.85. The predicted molar refractivity (Wildman–Crippen MR) is 137 cm³/mol. The summed E-state index contributed by atoms with van der Waals surface area (Å²) in [5.41, 5.74) is 2.34. The minimum Gasteiger partial charge on any atom is -0.496 e. The monoisotopic (exact) mass is 498 g/mol. The van der Waals surface area contributed by atoms with E-state index in [1.165, 1.54) is 0 Å². The summed E-state index contributed by atoms with van der Waals surface area (Å²) in [5, 5.41) is 3.65. The van der Waals surface area contributed by atoms with E-state index < -0.39 is 0 Å². The van der Waals surface area contributed by atoms with E-state index in [0.29, 0.717) is 42.5 Å². The molecule has 2 aromatic carbocycles. The first-order valence-electron chi connectivity index (χ1n) is 12.5. The van der Waals surface area contributed by atoms with Crippen molar-refractivity contribution in [1.29, 1.82) is 0 Å². The second-order valence-electron chi connectivity index (χ2n) is 9.89. The Labute approximate surface area is 212 Å². The fourth-order valence-electron chi connectivity index (χ4n) is 5.31.